The molecule has 1 rings (SSSR count). The molecule has 0 saturated heterocycles. The Morgan fingerprint density at radius 3 is 2.89 bits per heavy atom. The average Bonchev–Trinajstić information content (AvgIpc) is 2.42. The summed E-state index contributed by atoms with van der Waals surface area (Å²) in [6, 6.07) is 7.40. The Hall–Kier alpha value is -1.43. The van der Waals surface area contributed by atoms with Gasteiger partial charge in [-0.25, -0.2) is 5.84 Å². The number of hydrogen-bond acceptors (Lipinski definition) is 4. The molecule has 0 aliphatic carbocycles. The summed E-state index contributed by atoms with van der Waals surface area (Å²) in [7, 11) is 0. The number of amides is 1. The fraction of sp³-hybridized carbons (Fsp3) is 0.462. The maximum absolute atomic E-state index is 11.4. The van der Waals surface area contributed by atoms with Crippen LogP contribution in [0.2, 0.25) is 0 Å². The highest BCUT2D eigenvalue weighted by atomic mass is 16.3. The Morgan fingerprint density at radius 2 is 2.28 bits per heavy atom. The number of aliphatic hydroxyl groups is 1. The van der Waals surface area contributed by atoms with Crippen molar-refractivity contribution in [1.29, 1.82) is 0 Å². The minimum absolute atomic E-state index is 0.201. The largest absolute Gasteiger partial charge is 0.396 e. The second-order valence-electron chi connectivity index (χ2n) is 4.12. The number of nitrogens with two attached hydrogens (primary N) is 1. The van der Waals surface area contributed by atoms with E-state index in [4.69, 9.17) is 10.9 Å². The lowest BCUT2D eigenvalue weighted by molar-refractivity contribution is 0.0953. The summed E-state index contributed by atoms with van der Waals surface area (Å²) in [4.78, 5) is 13.6. The van der Waals surface area contributed by atoms with Crippen LogP contribution in [-0.4, -0.2) is 35.6 Å². The van der Waals surface area contributed by atoms with Crippen LogP contribution in [0.25, 0.3) is 0 Å². The fourth-order valence-electron chi connectivity index (χ4n) is 1.80. The van der Waals surface area contributed by atoms with E-state index < -0.39 is 0 Å². The van der Waals surface area contributed by atoms with Gasteiger partial charge in [0.15, 0.2) is 0 Å². The summed E-state index contributed by atoms with van der Waals surface area (Å²) >= 11 is 0. The van der Waals surface area contributed by atoms with Gasteiger partial charge >= 0.3 is 0 Å². The van der Waals surface area contributed by atoms with E-state index >= 15 is 0 Å². The third kappa shape index (κ3) is 4.44. The summed E-state index contributed by atoms with van der Waals surface area (Å²) in [5.41, 5.74) is 3.75. The fourth-order valence-corrected chi connectivity index (χ4v) is 1.80. The maximum atomic E-state index is 11.4. The molecule has 0 spiro atoms. The van der Waals surface area contributed by atoms with Crippen molar-refractivity contribution in [3.05, 3.63) is 35.4 Å². The number of aliphatic hydroxyl groups excluding tert-OH is 1. The van der Waals surface area contributed by atoms with Crippen LogP contribution in [0.3, 0.4) is 0 Å². The molecule has 1 aromatic rings. The van der Waals surface area contributed by atoms with Crippen LogP contribution in [0.4, 0.5) is 0 Å². The smallest absolute Gasteiger partial charge is 0.265 e. The van der Waals surface area contributed by atoms with E-state index in [2.05, 4.69) is 17.2 Å². The number of nitrogen functional groups attached to an aromatic ring is 1. The minimum atomic E-state index is -0.282. The lowest BCUT2D eigenvalue weighted by atomic mass is 10.1. The van der Waals surface area contributed by atoms with Gasteiger partial charge in [0, 0.05) is 25.3 Å². The van der Waals surface area contributed by atoms with E-state index in [1.807, 2.05) is 18.2 Å². The van der Waals surface area contributed by atoms with E-state index in [1.165, 1.54) is 0 Å². The monoisotopic (exact) mass is 251 g/mol. The number of carbonyl (C=O) groups excluding carboxylic acids is 1. The molecule has 1 aromatic carbocycles. The summed E-state index contributed by atoms with van der Waals surface area (Å²) in [5, 5.41) is 8.83. The number of rotatable bonds is 7. The highest BCUT2D eigenvalue weighted by Crippen LogP contribution is 2.08. The van der Waals surface area contributed by atoms with Gasteiger partial charge in [0.05, 0.1) is 0 Å². The first-order valence-corrected chi connectivity index (χ1v) is 6.14. The van der Waals surface area contributed by atoms with Gasteiger partial charge in [-0.1, -0.05) is 19.1 Å². The first-order chi connectivity index (χ1) is 8.71. The number of hydrogen-bond donors (Lipinski definition) is 3. The molecule has 5 heteroatoms. The van der Waals surface area contributed by atoms with E-state index in [0.29, 0.717) is 5.56 Å². The summed E-state index contributed by atoms with van der Waals surface area (Å²) < 4.78 is 0. The minimum Gasteiger partial charge on any atom is -0.396 e. The highest BCUT2D eigenvalue weighted by Gasteiger charge is 2.07. The summed E-state index contributed by atoms with van der Waals surface area (Å²) in [6.45, 7) is 4.80. The molecule has 18 heavy (non-hydrogen) atoms. The van der Waals surface area contributed by atoms with Crippen molar-refractivity contribution < 1.29 is 9.90 Å². The second kappa shape index (κ2) is 7.81. The molecule has 0 bridgehead atoms. The Morgan fingerprint density at radius 1 is 1.50 bits per heavy atom. The molecule has 0 heterocycles. The normalized spacial score (nSPS) is 10.7. The number of hydrazine groups is 1. The van der Waals surface area contributed by atoms with Gasteiger partial charge in [-0.2, -0.15) is 0 Å². The van der Waals surface area contributed by atoms with Crippen molar-refractivity contribution in [2.45, 2.75) is 19.9 Å². The Labute approximate surface area is 108 Å². The standard InChI is InChI=1S/C13H21N3O2/c1-2-16(7-4-8-17)10-11-5-3-6-12(9-11)13(18)15-14/h3,5-6,9,17H,2,4,7-8,10,14H2,1H3,(H,15,18). The maximum Gasteiger partial charge on any atom is 0.265 e. The van der Waals surface area contributed by atoms with Gasteiger partial charge in [-0.05, 0) is 30.7 Å². The molecule has 0 aromatic heterocycles. The van der Waals surface area contributed by atoms with Gasteiger partial charge in [-0.15, -0.1) is 0 Å². The number of nitrogens with one attached hydrogen (secondary N) is 1. The molecule has 0 saturated carbocycles. The van der Waals surface area contributed by atoms with E-state index in [-0.39, 0.29) is 12.5 Å². The zero-order chi connectivity index (χ0) is 13.4. The lowest BCUT2D eigenvalue weighted by Crippen LogP contribution is -2.30. The van der Waals surface area contributed by atoms with Crippen LogP contribution in [0, 0.1) is 0 Å². The third-order valence-electron chi connectivity index (χ3n) is 2.81. The van der Waals surface area contributed by atoms with Crippen molar-refractivity contribution in [3.8, 4) is 0 Å². The summed E-state index contributed by atoms with van der Waals surface area (Å²) in [5.74, 6) is 4.83. The van der Waals surface area contributed by atoms with Crippen molar-refractivity contribution in [2.75, 3.05) is 19.7 Å². The van der Waals surface area contributed by atoms with Gasteiger partial charge in [0.25, 0.3) is 5.91 Å². The molecular weight excluding hydrogens is 230 g/mol. The number of carbonyl (C=O) groups is 1. The van der Waals surface area contributed by atoms with Gasteiger partial charge in [-0.3, -0.25) is 15.1 Å². The Balaban J connectivity index is 2.68. The van der Waals surface area contributed by atoms with Gasteiger partial charge in [0.1, 0.15) is 0 Å². The Bertz CT molecular complexity index is 382. The van der Waals surface area contributed by atoms with Crippen molar-refractivity contribution in [2.24, 2.45) is 5.84 Å². The molecular formula is C13H21N3O2. The van der Waals surface area contributed by atoms with Crippen LogP contribution >= 0.6 is 0 Å². The summed E-state index contributed by atoms with van der Waals surface area (Å²) in [6.07, 6.45) is 0.761. The molecule has 1 amide bonds. The van der Waals surface area contributed by atoms with Crippen LogP contribution in [-0.2, 0) is 6.54 Å². The molecule has 0 radical (unpaired) electrons. The van der Waals surface area contributed by atoms with Crippen LogP contribution in [0.15, 0.2) is 24.3 Å². The molecule has 0 aliphatic rings. The second-order valence-corrected chi connectivity index (χ2v) is 4.12. The molecule has 0 atom stereocenters. The third-order valence-corrected chi connectivity index (χ3v) is 2.81. The first kappa shape index (κ1) is 14.6. The predicted molar refractivity (Wildman–Crippen MR) is 70.7 cm³/mol. The molecule has 4 N–H and O–H groups in total. The van der Waals surface area contributed by atoms with E-state index in [0.717, 1.165) is 31.6 Å². The molecule has 0 unspecified atom stereocenters. The zero-order valence-electron chi connectivity index (χ0n) is 10.7. The van der Waals surface area contributed by atoms with Gasteiger partial charge in [0.2, 0.25) is 0 Å². The molecule has 0 aliphatic heterocycles. The average molecular weight is 251 g/mol. The zero-order valence-corrected chi connectivity index (χ0v) is 10.7. The first-order valence-electron chi connectivity index (χ1n) is 6.14. The van der Waals surface area contributed by atoms with Crippen molar-refractivity contribution in [1.82, 2.24) is 10.3 Å². The molecule has 100 valence electrons. The highest BCUT2D eigenvalue weighted by molar-refractivity contribution is 5.93. The number of benzene rings is 1. The van der Waals surface area contributed by atoms with E-state index in [9.17, 15) is 4.79 Å². The number of nitrogens with zero attached hydrogens (tertiary/aromatic N) is 1. The van der Waals surface area contributed by atoms with Crippen LogP contribution in [0.1, 0.15) is 29.3 Å². The Kier molecular flexibility index (Phi) is 6.35. The quantitative estimate of drug-likeness (QED) is 0.374. The van der Waals surface area contributed by atoms with Crippen molar-refractivity contribution in [3.63, 3.8) is 0 Å². The van der Waals surface area contributed by atoms with Crippen molar-refractivity contribution >= 4 is 5.91 Å². The van der Waals surface area contributed by atoms with E-state index in [1.54, 1.807) is 6.07 Å². The predicted octanol–water partition coefficient (Wildman–Crippen LogP) is 0.494. The van der Waals surface area contributed by atoms with Crippen LogP contribution < -0.4 is 11.3 Å². The molecule has 0 fully saturated rings. The SMILES string of the molecule is CCN(CCCO)Cc1cccc(C(=O)NN)c1. The van der Waals surface area contributed by atoms with Crippen LogP contribution in [0.5, 0.6) is 0 Å². The molecule has 5 nitrogen and oxygen atoms in total. The van der Waals surface area contributed by atoms with Gasteiger partial charge < -0.3 is 5.11 Å². The lowest BCUT2D eigenvalue weighted by Gasteiger charge is -2.20. The topological polar surface area (TPSA) is 78.6 Å².